The Balaban J connectivity index is 2.75. The van der Waals surface area contributed by atoms with Crippen LogP contribution in [0, 0.1) is 13.8 Å². The van der Waals surface area contributed by atoms with Crippen molar-refractivity contribution in [2.24, 2.45) is 7.05 Å². The van der Waals surface area contributed by atoms with Crippen molar-refractivity contribution in [1.82, 2.24) is 14.8 Å². The van der Waals surface area contributed by atoms with Crippen LogP contribution < -0.4 is 5.73 Å². The summed E-state index contributed by atoms with van der Waals surface area (Å²) in [6, 6.07) is 1.36. The van der Waals surface area contributed by atoms with Gasteiger partial charge in [-0.05, 0) is 19.9 Å². The summed E-state index contributed by atoms with van der Waals surface area (Å²) in [4.78, 5) is 15.2. The Bertz CT molecular complexity index is 631. The molecule has 18 heavy (non-hydrogen) atoms. The monoisotopic (exact) mass is 246 g/mol. The van der Waals surface area contributed by atoms with Gasteiger partial charge in [-0.2, -0.15) is 5.10 Å². The standard InChI is InChI=1S/C12H14N4O2/c1-6-11(7(2)16(3)15-6)9-5-14-10(13)4-8(9)12(17)18/h4-5H,1-3H3,(H2,13,14)(H,17,18). The largest absolute Gasteiger partial charge is 0.478 e. The Morgan fingerprint density at radius 1 is 1.44 bits per heavy atom. The van der Waals surface area contributed by atoms with E-state index in [1.807, 2.05) is 20.9 Å². The van der Waals surface area contributed by atoms with Crippen molar-refractivity contribution in [2.45, 2.75) is 13.8 Å². The highest BCUT2D eigenvalue weighted by Gasteiger charge is 2.19. The van der Waals surface area contributed by atoms with Crippen LogP contribution in [0.3, 0.4) is 0 Å². The van der Waals surface area contributed by atoms with Gasteiger partial charge in [-0.1, -0.05) is 0 Å². The first-order chi connectivity index (χ1) is 8.41. The molecule has 0 aliphatic heterocycles. The molecular formula is C12H14N4O2. The van der Waals surface area contributed by atoms with Gasteiger partial charge in [0.15, 0.2) is 0 Å². The van der Waals surface area contributed by atoms with Gasteiger partial charge in [-0.3, -0.25) is 4.68 Å². The number of aryl methyl sites for hydroxylation is 2. The molecule has 0 atom stereocenters. The van der Waals surface area contributed by atoms with Crippen molar-refractivity contribution in [3.8, 4) is 11.1 Å². The summed E-state index contributed by atoms with van der Waals surface area (Å²) in [5.74, 6) is -0.836. The van der Waals surface area contributed by atoms with Crippen LogP contribution in [0.15, 0.2) is 12.3 Å². The second-order valence-corrected chi connectivity index (χ2v) is 4.13. The van der Waals surface area contributed by atoms with E-state index < -0.39 is 5.97 Å². The van der Waals surface area contributed by atoms with Crippen LogP contribution in [0.2, 0.25) is 0 Å². The molecule has 0 spiro atoms. The van der Waals surface area contributed by atoms with Gasteiger partial charge < -0.3 is 10.8 Å². The second-order valence-electron chi connectivity index (χ2n) is 4.13. The summed E-state index contributed by atoms with van der Waals surface area (Å²) in [5, 5.41) is 13.5. The van der Waals surface area contributed by atoms with Crippen molar-refractivity contribution in [1.29, 1.82) is 0 Å². The smallest absolute Gasteiger partial charge is 0.336 e. The minimum atomic E-state index is -1.03. The van der Waals surface area contributed by atoms with Crippen LogP contribution in [0.4, 0.5) is 5.82 Å². The number of rotatable bonds is 2. The summed E-state index contributed by atoms with van der Waals surface area (Å²) >= 11 is 0. The van der Waals surface area contributed by atoms with Gasteiger partial charge in [-0.25, -0.2) is 9.78 Å². The zero-order valence-electron chi connectivity index (χ0n) is 10.4. The normalized spacial score (nSPS) is 10.6. The number of hydrogen-bond donors (Lipinski definition) is 2. The third kappa shape index (κ3) is 1.81. The molecule has 0 aliphatic carbocycles. The Labute approximate surface area is 104 Å². The number of aromatic carboxylic acids is 1. The lowest BCUT2D eigenvalue weighted by atomic mass is 10.0. The summed E-state index contributed by atoms with van der Waals surface area (Å²) in [7, 11) is 1.82. The molecular weight excluding hydrogens is 232 g/mol. The van der Waals surface area contributed by atoms with E-state index >= 15 is 0 Å². The highest BCUT2D eigenvalue weighted by atomic mass is 16.4. The lowest BCUT2D eigenvalue weighted by Gasteiger charge is -2.07. The van der Waals surface area contributed by atoms with Gasteiger partial charge in [0.25, 0.3) is 0 Å². The Hall–Kier alpha value is -2.37. The fourth-order valence-corrected chi connectivity index (χ4v) is 2.01. The van der Waals surface area contributed by atoms with Crippen LogP contribution in [-0.2, 0) is 7.05 Å². The maximum absolute atomic E-state index is 11.3. The SMILES string of the molecule is Cc1nn(C)c(C)c1-c1cnc(N)cc1C(=O)O. The Morgan fingerprint density at radius 2 is 2.11 bits per heavy atom. The number of anilines is 1. The molecule has 6 nitrogen and oxygen atoms in total. The summed E-state index contributed by atoms with van der Waals surface area (Å²) in [5.41, 5.74) is 8.66. The molecule has 0 bridgehead atoms. The van der Waals surface area contributed by atoms with Crippen molar-refractivity contribution >= 4 is 11.8 Å². The molecule has 0 fully saturated rings. The van der Waals surface area contributed by atoms with E-state index in [1.54, 1.807) is 4.68 Å². The molecule has 2 heterocycles. The average Bonchev–Trinajstić information content (AvgIpc) is 2.54. The van der Waals surface area contributed by atoms with E-state index in [-0.39, 0.29) is 11.4 Å². The van der Waals surface area contributed by atoms with Crippen LogP contribution in [0.25, 0.3) is 11.1 Å². The molecule has 0 aliphatic rings. The average molecular weight is 246 g/mol. The first-order valence-corrected chi connectivity index (χ1v) is 5.41. The maximum atomic E-state index is 11.3. The van der Waals surface area contributed by atoms with E-state index in [4.69, 9.17) is 5.73 Å². The number of carboxylic acid groups (broad SMARTS) is 1. The van der Waals surface area contributed by atoms with E-state index in [0.717, 1.165) is 17.0 Å². The van der Waals surface area contributed by atoms with Gasteiger partial charge >= 0.3 is 5.97 Å². The fourth-order valence-electron chi connectivity index (χ4n) is 2.01. The van der Waals surface area contributed by atoms with Crippen LogP contribution >= 0.6 is 0 Å². The molecule has 2 rings (SSSR count). The number of nitrogens with two attached hydrogens (primary N) is 1. The van der Waals surface area contributed by atoms with E-state index in [2.05, 4.69) is 10.1 Å². The van der Waals surface area contributed by atoms with E-state index in [1.165, 1.54) is 12.3 Å². The first kappa shape index (κ1) is 12.1. The number of nitrogen functional groups attached to an aromatic ring is 1. The zero-order chi connectivity index (χ0) is 13.4. The third-order valence-electron chi connectivity index (χ3n) is 2.93. The quantitative estimate of drug-likeness (QED) is 0.834. The minimum Gasteiger partial charge on any atom is -0.478 e. The summed E-state index contributed by atoms with van der Waals surface area (Å²) < 4.78 is 1.71. The molecule has 0 amide bonds. The third-order valence-corrected chi connectivity index (χ3v) is 2.93. The lowest BCUT2D eigenvalue weighted by Crippen LogP contribution is -2.03. The number of carbonyl (C=O) groups is 1. The van der Waals surface area contributed by atoms with Crippen molar-refractivity contribution in [3.63, 3.8) is 0 Å². The molecule has 0 unspecified atom stereocenters. The molecule has 0 saturated carbocycles. The van der Waals surface area contributed by atoms with Crippen molar-refractivity contribution < 1.29 is 9.90 Å². The molecule has 0 radical (unpaired) electrons. The predicted molar refractivity (Wildman–Crippen MR) is 67.3 cm³/mol. The Kier molecular flexibility index (Phi) is 2.78. The number of aromatic nitrogens is 3. The highest BCUT2D eigenvalue weighted by molar-refractivity contribution is 5.97. The van der Waals surface area contributed by atoms with E-state index in [0.29, 0.717) is 5.56 Å². The van der Waals surface area contributed by atoms with Crippen molar-refractivity contribution in [3.05, 3.63) is 29.2 Å². The van der Waals surface area contributed by atoms with E-state index in [9.17, 15) is 9.90 Å². The van der Waals surface area contributed by atoms with Gasteiger partial charge in [0.2, 0.25) is 0 Å². The molecule has 0 saturated heterocycles. The van der Waals surface area contributed by atoms with Crippen LogP contribution in [-0.4, -0.2) is 25.8 Å². The number of hydrogen-bond acceptors (Lipinski definition) is 4. The van der Waals surface area contributed by atoms with Gasteiger partial charge in [0.05, 0.1) is 11.3 Å². The summed E-state index contributed by atoms with van der Waals surface area (Å²) in [6.07, 6.45) is 1.48. The zero-order valence-corrected chi connectivity index (χ0v) is 10.4. The number of nitrogens with zero attached hydrogens (tertiary/aromatic N) is 3. The predicted octanol–water partition coefficient (Wildman–Crippen LogP) is 1.38. The van der Waals surface area contributed by atoms with Crippen LogP contribution in [0.1, 0.15) is 21.7 Å². The molecule has 2 aromatic rings. The minimum absolute atomic E-state index is 0.140. The fraction of sp³-hybridized carbons (Fsp3) is 0.250. The highest BCUT2D eigenvalue weighted by Crippen LogP contribution is 2.29. The topological polar surface area (TPSA) is 94.0 Å². The second kappa shape index (κ2) is 4.14. The maximum Gasteiger partial charge on any atom is 0.336 e. The van der Waals surface area contributed by atoms with Crippen molar-refractivity contribution in [2.75, 3.05) is 5.73 Å². The molecule has 94 valence electrons. The first-order valence-electron chi connectivity index (χ1n) is 5.41. The molecule has 6 heteroatoms. The van der Waals surface area contributed by atoms with Gasteiger partial charge in [-0.15, -0.1) is 0 Å². The number of carboxylic acids is 1. The lowest BCUT2D eigenvalue weighted by molar-refractivity contribution is 0.0697. The van der Waals surface area contributed by atoms with Gasteiger partial charge in [0, 0.05) is 30.1 Å². The molecule has 3 N–H and O–H groups in total. The van der Waals surface area contributed by atoms with Gasteiger partial charge in [0.1, 0.15) is 5.82 Å². The molecule has 0 aromatic carbocycles. The summed E-state index contributed by atoms with van der Waals surface area (Å²) in [6.45, 7) is 3.72. The molecule has 2 aromatic heterocycles. The van der Waals surface area contributed by atoms with Crippen LogP contribution in [0.5, 0.6) is 0 Å². The Morgan fingerprint density at radius 3 is 2.61 bits per heavy atom. The number of pyridine rings is 1.